The Morgan fingerprint density at radius 3 is 2.20 bits per heavy atom. The van der Waals surface area contributed by atoms with E-state index in [9.17, 15) is 9.90 Å². The van der Waals surface area contributed by atoms with Crippen LogP contribution in [0.2, 0.25) is 0 Å². The Bertz CT molecular complexity index is 626. The van der Waals surface area contributed by atoms with Gasteiger partial charge in [0.15, 0.2) is 0 Å². The number of carbonyl (C=O) groups is 1. The number of aromatic carboxylic acids is 1. The van der Waals surface area contributed by atoms with Gasteiger partial charge in [-0.2, -0.15) is 0 Å². The first-order valence-corrected chi connectivity index (χ1v) is 8.33. The van der Waals surface area contributed by atoms with E-state index in [1.807, 2.05) is 36.8 Å². The van der Waals surface area contributed by atoms with Gasteiger partial charge in [-0.25, -0.2) is 4.79 Å². The van der Waals surface area contributed by atoms with Gasteiger partial charge in [-0.1, -0.05) is 18.2 Å². The average Bonchev–Trinajstić information content (AvgIpc) is 2.47. The van der Waals surface area contributed by atoms with Crippen LogP contribution in [0.3, 0.4) is 0 Å². The topological polar surface area (TPSA) is 46.5 Å². The van der Waals surface area contributed by atoms with E-state index in [0.717, 1.165) is 4.90 Å². The van der Waals surface area contributed by atoms with Crippen molar-refractivity contribution in [2.45, 2.75) is 9.79 Å². The van der Waals surface area contributed by atoms with Gasteiger partial charge in [-0.3, -0.25) is 0 Å². The second-order valence-electron chi connectivity index (χ2n) is 3.89. The van der Waals surface area contributed by atoms with E-state index in [1.165, 1.54) is 11.8 Å². The van der Waals surface area contributed by atoms with Crippen molar-refractivity contribution in [1.29, 1.82) is 0 Å². The van der Waals surface area contributed by atoms with Crippen LogP contribution in [0.25, 0.3) is 0 Å². The van der Waals surface area contributed by atoms with Crippen molar-refractivity contribution >= 4 is 29.5 Å². The number of hydrogen-bond donors (Lipinski definition) is 1. The smallest absolute Gasteiger partial charge is 0.340 e. The normalized spacial score (nSPS) is 10.3. The number of hydrogen-bond acceptors (Lipinski definition) is 4. The molecule has 0 saturated carbocycles. The molecule has 104 valence electrons. The second-order valence-corrected chi connectivity index (χ2v) is 5.59. The minimum absolute atomic E-state index is 0.205. The summed E-state index contributed by atoms with van der Waals surface area (Å²) in [5, 5.41) is 9.38. The highest BCUT2D eigenvalue weighted by Gasteiger charge is 2.17. The maximum Gasteiger partial charge on any atom is 0.340 e. The molecule has 0 unspecified atom stereocenters. The fourth-order valence-corrected chi connectivity index (χ4v) is 2.93. The summed E-state index contributed by atoms with van der Waals surface area (Å²) < 4.78 is 5.82. The van der Waals surface area contributed by atoms with Gasteiger partial charge in [0.2, 0.25) is 0 Å². The van der Waals surface area contributed by atoms with Crippen LogP contribution in [-0.2, 0) is 0 Å². The van der Waals surface area contributed by atoms with Gasteiger partial charge >= 0.3 is 5.97 Å². The van der Waals surface area contributed by atoms with Gasteiger partial charge in [-0.05, 0) is 36.8 Å². The summed E-state index contributed by atoms with van der Waals surface area (Å²) in [7, 11) is 0. The van der Waals surface area contributed by atoms with Gasteiger partial charge < -0.3 is 9.84 Å². The summed E-state index contributed by atoms with van der Waals surface area (Å²) in [6, 6.07) is 12.8. The summed E-state index contributed by atoms with van der Waals surface area (Å²) in [4.78, 5) is 13.1. The van der Waals surface area contributed by atoms with Crippen molar-refractivity contribution in [2.75, 3.05) is 12.5 Å². The summed E-state index contributed by atoms with van der Waals surface area (Å²) in [6.45, 7) is 0. The first-order valence-electron chi connectivity index (χ1n) is 5.88. The van der Waals surface area contributed by atoms with Gasteiger partial charge in [0.05, 0.1) is 0 Å². The first kappa shape index (κ1) is 14.8. The first-order chi connectivity index (χ1) is 9.67. The van der Waals surface area contributed by atoms with E-state index in [1.54, 1.807) is 30.0 Å². The lowest BCUT2D eigenvalue weighted by Gasteiger charge is -2.13. The summed E-state index contributed by atoms with van der Waals surface area (Å²) in [6.07, 6.45) is 3.81. The Labute approximate surface area is 126 Å². The van der Waals surface area contributed by atoms with Crippen molar-refractivity contribution < 1.29 is 14.6 Å². The molecule has 5 heteroatoms. The molecule has 2 aromatic carbocycles. The van der Waals surface area contributed by atoms with Crippen LogP contribution in [0.5, 0.6) is 11.5 Å². The molecule has 2 rings (SSSR count). The second kappa shape index (κ2) is 6.72. The zero-order valence-electron chi connectivity index (χ0n) is 11.1. The maximum absolute atomic E-state index is 11.4. The summed E-state index contributed by atoms with van der Waals surface area (Å²) in [5.41, 5.74) is 0.205. The minimum atomic E-state index is -0.980. The predicted octanol–water partition coefficient (Wildman–Crippen LogP) is 4.62. The molecular formula is C15H14O3S2. The standard InChI is InChI=1S/C15H14O3S2/c1-19-12-8-4-3-6-10(12)18-11-7-5-9-13(20-2)14(11)15(16)17/h3-9H,1-2H3,(H,16,17). The molecule has 0 saturated heterocycles. The van der Waals surface area contributed by atoms with E-state index < -0.39 is 5.97 Å². The monoisotopic (exact) mass is 306 g/mol. The van der Waals surface area contributed by atoms with Crippen LogP contribution >= 0.6 is 23.5 Å². The number of carboxylic acids is 1. The van der Waals surface area contributed by atoms with Crippen LogP contribution in [0.4, 0.5) is 0 Å². The fourth-order valence-electron chi connectivity index (χ4n) is 1.80. The minimum Gasteiger partial charge on any atom is -0.478 e. The molecule has 0 radical (unpaired) electrons. The van der Waals surface area contributed by atoms with Crippen molar-refractivity contribution in [3.63, 3.8) is 0 Å². The fraction of sp³-hybridized carbons (Fsp3) is 0.133. The van der Waals surface area contributed by atoms with E-state index in [0.29, 0.717) is 16.4 Å². The van der Waals surface area contributed by atoms with Crippen molar-refractivity contribution in [3.8, 4) is 11.5 Å². The van der Waals surface area contributed by atoms with Crippen LogP contribution in [0, 0.1) is 0 Å². The molecule has 0 fully saturated rings. The zero-order valence-corrected chi connectivity index (χ0v) is 12.8. The average molecular weight is 306 g/mol. The molecule has 0 spiro atoms. The molecule has 0 atom stereocenters. The van der Waals surface area contributed by atoms with Crippen molar-refractivity contribution in [3.05, 3.63) is 48.0 Å². The largest absolute Gasteiger partial charge is 0.478 e. The molecule has 0 amide bonds. The van der Waals surface area contributed by atoms with Gasteiger partial charge in [0.1, 0.15) is 17.1 Å². The SMILES string of the molecule is CSc1ccccc1Oc1cccc(SC)c1C(=O)O. The highest BCUT2D eigenvalue weighted by Crippen LogP contribution is 2.35. The lowest BCUT2D eigenvalue weighted by atomic mass is 10.2. The van der Waals surface area contributed by atoms with E-state index in [-0.39, 0.29) is 5.56 Å². The van der Waals surface area contributed by atoms with Crippen molar-refractivity contribution in [1.82, 2.24) is 0 Å². The van der Waals surface area contributed by atoms with Crippen LogP contribution in [0.1, 0.15) is 10.4 Å². The zero-order chi connectivity index (χ0) is 14.5. The molecule has 0 aliphatic heterocycles. The molecule has 1 N–H and O–H groups in total. The third-order valence-corrected chi connectivity index (χ3v) is 4.27. The lowest BCUT2D eigenvalue weighted by Crippen LogP contribution is -2.02. The molecule has 3 nitrogen and oxygen atoms in total. The number of rotatable bonds is 5. The van der Waals surface area contributed by atoms with Gasteiger partial charge in [0, 0.05) is 9.79 Å². The number of carboxylic acid groups (broad SMARTS) is 1. The Hall–Kier alpha value is -1.59. The van der Waals surface area contributed by atoms with Gasteiger partial charge in [-0.15, -0.1) is 23.5 Å². The summed E-state index contributed by atoms with van der Waals surface area (Å²) in [5.74, 6) is 0.0539. The van der Waals surface area contributed by atoms with Crippen LogP contribution in [-0.4, -0.2) is 23.6 Å². The number of benzene rings is 2. The third kappa shape index (κ3) is 3.11. The molecule has 0 bridgehead atoms. The maximum atomic E-state index is 11.4. The highest BCUT2D eigenvalue weighted by atomic mass is 32.2. The Morgan fingerprint density at radius 2 is 1.55 bits per heavy atom. The number of para-hydroxylation sites is 1. The molecule has 0 heterocycles. The molecule has 2 aromatic rings. The molecule has 0 aliphatic carbocycles. The summed E-state index contributed by atoms with van der Waals surface area (Å²) >= 11 is 2.95. The Morgan fingerprint density at radius 1 is 0.950 bits per heavy atom. The van der Waals surface area contributed by atoms with Gasteiger partial charge in [0.25, 0.3) is 0 Å². The molecule has 0 aromatic heterocycles. The molecular weight excluding hydrogens is 292 g/mol. The van der Waals surface area contributed by atoms with Crippen LogP contribution in [0.15, 0.2) is 52.3 Å². The Balaban J connectivity index is 2.46. The third-order valence-electron chi connectivity index (χ3n) is 2.71. The van der Waals surface area contributed by atoms with E-state index >= 15 is 0 Å². The highest BCUT2D eigenvalue weighted by molar-refractivity contribution is 7.99. The Kier molecular flexibility index (Phi) is 4.98. The van der Waals surface area contributed by atoms with Crippen molar-refractivity contribution in [2.24, 2.45) is 0 Å². The quantitative estimate of drug-likeness (QED) is 0.817. The van der Waals surface area contributed by atoms with Crippen LogP contribution < -0.4 is 4.74 Å². The molecule has 20 heavy (non-hydrogen) atoms. The number of ether oxygens (including phenoxy) is 1. The lowest BCUT2D eigenvalue weighted by molar-refractivity contribution is 0.0690. The predicted molar refractivity (Wildman–Crippen MR) is 83.5 cm³/mol. The number of thioether (sulfide) groups is 2. The molecule has 0 aliphatic rings. The van der Waals surface area contributed by atoms with E-state index in [4.69, 9.17) is 4.74 Å². The van der Waals surface area contributed by atoms with E-state index in [2.05, 4.69) is 0 Å².